The molecule has 0 aliphatic carbocycles. The average Bonchev–Trinajstić information content (AvgIpc) is 3.00. The summed E-state index contributed by atoms with van der Waals surface area (Å²) in [5, 5.41) is 14.8. The second kappa shape index (κ2) is 15.2. The number of alkyl carbamates (subject to hydrolysis) is 2. The Morgan fingerprint density at radius 3 is 1.25 bits per heavy atom. The number of hydrogen-bond donors (Lipinski definition) is 6. The molecule has 0 bridgehead atoms. The van der Waals surface area contributed by atoms with Crippen molar-refractivity contribution in [3.05, 3.63) is 71.8 Å². The maximum Gasteiger partial charge on any atom is 0.408 e. The van der Waals surface area contributed by atoms with Crippen molar-refractivity contribution in [2.45, 2.75) is 87.7 Å². The molecule has 4 rings (SSSR count). The second-order valence-corrected chi connectivity index (χ2v) is 15.6. The highest BCUT2D eigenvalue weighted by atomic mass is 33.1. The van der Waals surface area contributed by atoms with Crippen LogP contribution in [0.25, 0.3) is 0 Å². The molecule has 0 spiro atoms. The van der Waals surface area contributed by atoms with Crippen LogP contribution in [0, 0.1) is 0 Å². The van der Waals surface area contributed by atoms with Crippen LogP contribution in [0.15, 0.2) is 60.7 Å². The number of carbonyl (C=O) groups is 6. The molecule has 258 valence electrons. The van der Waals surface area contributed by atoms with Crippen molar-refractivity contribution in [3.63, 3.8) is 0 Å². The Balaban J connectivity index is 1.36. The third kappa shape index (κ3) is 10.0. The fourth-order valence-corrected chi connectivity index (χ4v) is 7.33. The summed E-state index contributed by atoms with van der Waals surface area (Å²) in [4.78, 5) is 76.8. The van der Waals surface area contributed by atoms with Gasteiger partial charge < -0.3 is 41.4 Å². The van der Waals surface area contributed by atoms with Gasteiger partial charge in [0.2, 0.25) is 23.6 Å². The molecule has 2 aliphatic heterocycles. The summed E-state index contributed by atoms with van der Waals surface area (Å²) >= 11 is 0. The van der Waals surface area contributed by atoms with E-state index in [-0.39, 0.29) is 0 Å². The molecule has 2 aromatic rings. The summed E-state index contributed by atoms with van der Waals surface area (Å²) in [6.45, 7) is 10.2. The van der Waals surface area contributed by atoms with E-state index in [9.17, 15) is 28.8 Å². The van der Waals surface area contributed by atoms with E-state index in [1.807, 2.05) is 0 Å². The molecule has 6 amide bonds. The first-order valence-electron chi connectivity index (χ1n) is 15.1. The van der Waals surface area contributed by atoms with Gasteiger partial charge in [-0.25, -0.2) is 9.59 Å². The van der Waals surface area contributed by atoms with Crippen molar-refractivity contribution in [1.29, 1.82) is 0 Å². The van der Waals surface area contributed by atoms with Crippen LogP contribution < -0.4 is 31.9 Å². The maximum absolute atomic E-state index is 13.4. The van der Waals surface area contributed by atoms with Crippen LogP contribution in [0.4, 0.5) is 9.59 Å². The van der Waals surface area contributed by atoms with Gasteiger partial charge in [-0.2, -0.15) is 0 Å². The van der Waals surface area contributed by atoms with Gasteiger partial charge in [0.05, 0.1) is 0 Å². The first kappa shape index (κ1) is 36.4. The van der Waals surface area contributed by atoms with Crippen molar-refractivity contribution in [2.24, 2.45) is 0 Å². The number of benzene rings is 2. The minimum atomic E-state index is -1.13. The number of β-lactam (4-membered cyclic amide) rings is 2. The summed E-state index contributed by atoms with van der Waals surface area (Å²) in [6, 6.07) is 12.9. The summed E-state index contributed by atoms with van der Waals surface area (Å²) in [7, 11) is 2.37. The van der Waals surface area contributed by atoms with E-state index in [1.54, 1.807) is 102 Å². The van der Waals surface area contributed by atoms with Gasteiger partial charge in [-0.1, -0.05) is 82.3 Å². The van der Waals surface area contributed by atoms with E-state index in [2.05, 4.69) is 31.9 Å². The van der Waals surface area contributed by atoms with Crippen LogP contribution in [0.3, 0.4) is 0 Å². The number of amides is 6. The van der Waals surface area contributed by atoms with E-state index in [1.165, 1.54) is 21.6 Å². The van der Waals surface area contributed by atoms with Crippen molar-refractivity contribution in [3.8, 4) is 0 Å². The Hall–Kier alpha value is -4.44. The number of rotatable bonds is 11. The zero-order valence-corrected chi connectivity index (χ0v) is 29.0. The molecular formula is C32H40N6O8S2. The standard InChI is InChI=1S/C32H40N6O8S2/c1-31(2,3)45-29(43)35-19(17-13-9-7-10-14-17)23(39)33-21-25(41)37-27(21)47-48-28-22(26(42)38-28)34-24(40)20(18-15-11-8-12-16-18)36-30(44)46-32(4,5)6/h7-16,19-22,27-28H,1-6H3,(H,33,39)(H,34,40)(H,35,43)(H,36,44)(H,37,41)(H,38,42)/t19-,20-,21+,22+,27+,28+/m0/s1. The SMILES string of the molecule is CC(C)(C)OC(=O)N[C@H](C(=O)N[C@@H]1C(=O)N[C@@H]1SS[C@H]1NC(=O)[C@H]1NC(=O)[C@@H](NC(=O)OC(C)(C)C)c1ccccc1)c1ccccc1. The molecule has 0 radical (unpaired) electrons. The summed E-state index contributed by atoms with van der Waals surface area (Å²) in [5.41, 5.74) is -0.602. The third-order valence-corrected chi connectivity index (χ3v) is 9.59. The molecule has 0 aromatic heterocycles. The maximum atomic E-state index is 13.4. The van der Waals surface area contributed by atoms with Crippen LogP contribution in [0.5, 0.6) is 0 Å². The van der Waals surface area contributed by atoms with E-state index in [0.717, 1.165) is 0 Å². The van der Waals surface area contributed by atoms with Crippen LogP contribution in [0.1, 0.15) is 64.8 Å². The normalized spacial score (nSPS) is 21.5. The molecule has 14 nitrogen and oxygen atoms in total. The quantitative estimate of drug-likeness (QED) is 0.150. The van der Waals surface area contributed by atoms with Gasteiger partial charge in [-0.05, 0) is 52.7 Å². The number of hydrogen-bond acceptors (Lipinski definition) is 10. The van der Waals surface area contributed by atoms with Crippen molar-refractivity contribution >= 4 is 57.4 Å². The largest absolute Gasteiger partial charge is 0.444 e. The Morgan fingerprint density at radius 2 is 0.958 bits per heavy atom. The van der Waals surface area contributed by atoms with Gasteiger partial charge in [-0.15, -0.1) is 0 Å². The molecule has 6 N–H and O–H groups in total. The predicted molar refractivity (Wildman–Crippen MR) is 180 cm³/mol. The molecule has 48 heavy (non-hydrogen) atoms. The summed E-state index contributed by atoms with van der Waals surface area (Å²) in [6.07, 6.45) is -1.59. The molecule has 16 heteroatoms. The van der Waals surface area contributed by atoms with Crippen molar-refractivity contribution in [2.75, 3.05) is 0 Å². The van der Waals surface area contributed by atoms with Gasteiger partial charge >= 0.3 is 12.2 Å². The first-order chi connectivity index (χ1) is 22.5. The molecular weight excluding hydrogens is 661 g/mol. The predicted octanol–water partition coefficient (Wildman–Crippen LogP) is 2.78. The lowest BCUT2D eigenvalue weighted by Gasteiger charge is -2.40. The lowest BCUT2D eigenvalue weighted by molar-refractivity contribution is -0.135. The molecule has 2 aliphatic rings. The fourth-order valence-electron chi connectivity index (χ4n) is 4.49. The van der Waals surface area contributed by atoms with E-state index in [0.29, 0.717) is 11.1 Å². The highest BCUT2D eigenvalue weighted by Gasteiger charge is 2.47. The van der Waals surface area contributed by atoms with Crippen LogP contribution in [-0.2, 0) is 28.7 Å². The lowest BCUT2D eigenvalue weighted by atomic mass is 10.0. The minimum absolute atomic E-state index is 0.424. The summed E-state index contributed by atoms with van der Waals surface area (Å²) < 4.78 is 10.7. The molecule has 2 saturated heterocycles. The number of nitrogens with one attached hydrogen (secondary N) is 6. The zero-order valence-electron chi connectivity index (χ0n) is 27.3. The van der Waals surface area contributed by atoms with Crippen LogP contribution in [0.2, 0.25) is 0 Å². The Morgan fingerprint density at radius 1 is 0.625 bits per heavy atom. The topological polar surface area (TPSA) is 193 Å². The highest BCUT2D eigenvalue weighted by Crippen LogP contribution is 2.37. The van der Waals surface area contributed by atoms with E-state index >= 15 is 0 Å². The van der Waals surface area contributed by atoms with E-state index < -0.39 is 81.9 Å². The van der Waals surface area contributed by atoms with Gasteiger partial charge in [-0.3, -0.25) is 19.2 Å². The third-order valence-electron chi connectivity index (χ3n) is 6.71. The van der Waals surface area contributed by atoms with Gasteiger partial charge in [0, 0.05) is 0 Å². The van der Waals surface area contributed by atoms with Crippen LogP contribution in [-0.4, -0.2) is 69.8 Å². The van der Waals surface area contributed by atoms with Crippen LogP contribution >= 0.6 is 21.6 Å². The first-order valence-corrected chi connectivity index (χ1v) is 17.4. The molecule has 2 aromatic carbocycles. The lowest BCUT2D eigenvalue weighted by Crippen LogP contribution is -2.70. The Bertz CT molecular complexity index is 1400. The molecule has 6 atom stereocenters. The molecule has 0 unspecified atom stereocenters. The molecule has 2 fully saturated rings. The minimum Gasteiger partial charge on any atom is -0.444 e. The second-order valence-electron chi connectivity index (χ2n) is 13.0. The summed E-state index contributed by atoms with van der Waals surface area (Å²) in [5.74, 6) is -2.08. The fraction of sp³-hybridized carbons (Fsp3) is 0.438. The van der Waals surface area contributed by atoms with Crippen molar-refractivity contribution < 1.29 is 38.2 Å². The van der Waals surface area contributed by atoms with Gasteiger partial charge in [0.15, 0.2) is 0 Å². The number of ether oxygens (including phenoxy) is 2. The molecule has 0 saturated carbocycles. The Labute approximate surface area is 286 Å². The van der Waals surface area contributed by atoms with Crippen molar-refractivity contribution in [1.82, 2.24) is 31.9 Å². The molecule has 2 heterocycles. The number of carbonyl (C=O) groups excluding carboxylic acids is 6. The smallest absolute Gasteiger partial charge is 0.408 e. The van der Waals surface area contributed by atoms with Gasteiger partial charge in [0.1, 0.15) is 46.1 Å². The monoisotopic (exact) mass is 700 g/mol. The van der Waals surface area contributed by atoms with Gasteiger partial charge in [0.25, 0.3) is 0 Å². The highest BCUT2D eigenvalue weighted by molar-refractivity contribution is 8.77. The zero-order chi connectivity index (χ0) is 35.2. The Kier molecular flexibility index (Phi) is 11.5. The average molecular weight is 701 g/mol. The van der Waals surface area contributed by atoms with E-state index in [4.69, 9.17) is 9.47 Å².